The van der Waals surface area contributed by atoms with Gasteiger partial charge in [0.1, 0.15) is 0 Å². The van der Waals surface area contributed by atoms with Crippen LogP contribution in [0, 0.1) is 5.92 Å². The first-order valence-corrected chi connectivity index (χ1v) is 7.01. The van der Waals surface area contributed by atoms with E-state index in [-0.39, 0.29) is 0 Å². The van der Waals surface area contributed by atoms with Crippen LogP contribution in [0.2, 0.25) is 10.0 Å². The number of nitrogens with zero attached hydrogens (tertiary/aromatic N) is 1. The van der Waals surface area contributed by atoms with Crippen molar-refractivity contribution >= 4 is 34.8 Å². The lowest BCUT2D eigenvalue weighted by atomic mass is 9.84. The molecule has 1 aliphatic rings. The summed E-state index contributed by atoms with van der Waals surface area (Å²) in [5.41, 5.74) is 1.09. The van der Waals surface area contributed by atoms with Crippen LogP contribution in [0.3, 0.4) is 0 Å². The van der Waals surface area contributed by atoms with E-state index in [1.807, 2.05) is 18.2 Å². The highest BCUT2D eigenvalue weighted by Gasteiger charge is 2.27. The summed E-state index contributed by atoms with van der Waals surface area (Å²) in [4.78, 5) is 2.28. The van der Waals surface area contributed by atoms with Crippen molar-refractivity contribution < 1.29 is 0 Å². The minimum Gasteiger partial charge on any atom is -0.302 e. The molecule has 0 N–H and O–H groups in total. The van der Waals surface area contributed by atoms with Gasteiger partial charge in [0, 0.05) is 18.5 Å². The zero-order chi connectivity index (χ0) is 12.4. The minimum atomic E-state index is 0.392. The molecule has 0 unspecified atom stereocenters. The number of hydrogen-bond donors (Lipinski definition) is 0. The second-order valence-corrected chi connectivity index (χ2v) is 6.25. The highest BCUT2D eigenvalue weighted by atomic mass is 35.5. The fourth-order valence-corrected chi connectivity index (χ4v) is 3.15. The van der Waals surface area contributed by atoms with Crippen LogP contribution in [0.4, 0.5) is 0 Å². The van der Waals surface area contributed by atoms with Gasteiger partial charge < -0.3 is 4.90 Å². The van der Waals surface area contributed by atoms with Crippen LogP contribution in [0.1, 0.15) is 18.4 Å². The first kappa shape index (κ1) is 13.5. The second kappa shape index (κ2) is 5.79. The Kier molecular flexibility index (Phi) is 4.59. The van der Waals surface area contributed by atoms with Gasteiger partial charge in [-0.2, -0.15) is 0 Å². The lowest BCUT2D eigenvalue weighted by Gasteiger charge is -2.34. The fraction of sp³-hybridized carbons (Fsp3) is 0.538. The Morgan fingerprint density at radius 1 is 1.29 bits per heavy atom. The molecule has 1 aromatic rings. The van der Waals surface area contributed by atoms with Crippen LogP contribution >= 0.6 is 34.8 Å². The van der Waals surface area contributed by atoms with Gasteiger partial charge in [0.2, 0.25) is 0 Å². The van der Waals surface area contributed by atoms with Gasteiger partial charge in [-0.05, 0) is 37.4 Å². The van der Waals surface area contributed by atoms with Crippen LogP contribution in [0.25, 0.3) is 0 Å². The maximum absolute atomic E-state index is 6.17. The summed E-state index contributed by atoms with van der Waals surface area (Å²) in [6.45, 7) is 1.91. The molecule has 0 aromatic heterocycles. The molecule has 0 bridgehead atoms. The number of alkyl halides is 1. The van der Waals surface area contributed by atoms with Crippen molar-refractivity contribution in [2.75, 3.05) is 13.6 Å². The Morgan fingerprint density at radius 2 is 2.00 bits per heavy atom. The topological polar surface area (TPSA) is 3.24 Å². The first-order valence-electron chi connectivity index (χ1n) is 5.81. The Morgan fingerprint density at radius 3 is 2.65 bits per heavy atom. The van der Waals surface area contributed by atoms with Gasteiger partial charge in [-0.15, -0.1) is 11.6 Å². The van der Waals surface area contributed by atoms with Crippen molar-refractivity contribution in [3.63, 3.8) is 0 Å². The molecule has 1 fully saturated rings. The highest BCUT2D eigenvalue weighted by Crippen LogP contribution is 2.33. The summed E-state index contributed by atoms with van der Waals surface area (Å²) >= 11 is 18.1. The Bertz CT molecular complexity index is 388. The number of rotatable bonds is 4. The molecule has 0 heterocycles. The second-order valence-electron chi connectivity index (χ2n) is 4.84. The van der Waals surface area contributed by atoms with E-state index in [0.717, 1.165) is 37.4 Å². The Hall–Kier alpha value is 0.0500. The van der Waals surface area contributed by atoms with E-state index >= 15 is 0 Å². The molecule has 0 amide bonds. The summed E-state index contributed by atoms with van der Waals surface area (Å²) in [6.07, 6.45) is 2.27. The van der Waals surface area contributed by atoms with Crippen LogP contribution in [-0.2, 0) is 6.54 Å². The molecule has 0 atom stereocenters. The van der Waals surface area contributed by atoms with Gasteiger partial charge in [-0.1, -0.05) is 35.3 Å². The molecule has 0 radical (unpaired) electrons. The molecular weight excluding hydrogens is 277 g/mol. The molecule has 1 aromatic carbocycles. The smallest absolute Gasteiger partial charge is 0.0637 e. The maximum atomic E-state index is 6.17. The van der Waals surface area contributed by atoms with E-state index in [1.165, 1.54) is 0 Å². The SMILES string of the molecule is CN(Cc1cccc(Cl)c1Cl)CC1CC(Cl)C1. The third-order valence-electron chi connectivity index (χ3n) is 3.22. The summed E-state index contributed by atoms with van der Waals surface area (Å²) in [5, 5.41) is 1.69. The lowest BCUT2D eigenvalue weighted by molar-refractivity contribution is 0.204. The van der Waals surface area contributed by atoms with Crippen molar-refractivity contribution in [2.45, 2.75) is 24.8 Å². The van der Waals surface area contributed by atoms with Crippen LogP contribution in [0.5, 0.6) is 0 Å². The Balaban J connectivity index is 1.89. The van der Waals surface area contributed by atoms with Gasteiger partial charge in [0.15, 0.2) is 0 Å². The molecule has 17 heavy (non-hydrogen) atoms. The molecule has 0 aliphatic heterocycles. The number of benzene rings is 1. The summed E-state index contributed by atoms with van der Waals surface area (Å²) < 4.78 is 0. The van der Waals surface area contributed by atoms with E-state index in [0.29, 0.717) is 15.4 Å². The minimum absolute atomic E-state index is 0.392. The van der Waals surface area contributed by atoms with Gasteiger partial charge in [0.05, 0.1) is 10.0 Å². The van der Waals surface area contributed by atoms with Crippen molar-refractivity contribution in [1.82, 2.24) is 4.90 Å². The largest absolute Gasteiger partial charge is 0.302 e. The predicted octanol–water partition coefficient (Wildman–Crippen LogP) is 4.44. The number of hydrogen-bond acceptors (Lipinski definition) is 1. The fourth-order valence-electron chi connectivity index (χ4n) is 2.27. The maximum Gasteiger partial charge on any atom is 0.0637 e. The molecule has 1 saturated carbocycles. The van der Waals surface area contributed by atoms with Crippen molar-refractivity contribution in [3.05, 3.63) is 33.8 Å². The zero-order valence-electron chi connectivity index (χ0n) is 9.80. The van der Waals surface area contributed by atoms with E-state index < -0.39 is 0 Å². The van der Waals surface area contributed by atoms with Crippen LogP contribution in [-0.4, -0.2) is 23.9 Å². The van der Waals surface area contributed by atoms with Gasteiger partial charge in [-0.3, -0.25) is 0 Å². The van der Waals surface area contributed by atoms with E-state index in [1.54, 1.807) is 0 Å². The standard InChI is InChI=1S/C13H16Cl3N/c1-17(7-9-5-11(14)6-9)8-10-3-2-4-12(15)13(10)16/h2-4,9,11H,5-8H2,1H3. The Labute approximate surface area is 118 Å². The summed E-state index contributed by atoms with van der Waals surface area (Å²) in [7, 11) is 2.11. The summed E-state index contributed by atoms with van der Waals surface area (Å²) in [6, 6.07) is 5.78. The normalized spacial score (nSPS) is 23.8. The average Bonchev–Trinajstić information content (AvgIpc) is 2.23. The highest BCUT2D eigenvalue weighted by molar-refractivity contribution is 6.42. The van der Waals surface area contributed by atoms with Gasteiger partial charge >= 0.3 is 0 Å². The van der Waals surface area contributed by atoms with Gasteiger partial charge in [-0.25, -0.2) is 0 Å². The predicted molar refractivity (Wildman–Crippen MR) is 75.2 cm³/mol. The van der Waals surface area contributed by atoms with E-state index in [9.17, 15) is 0 Å². The molecule has 2 rings (SSSR count). The average molecular weight is 293 g/mol. The molecule has 0 spiro atoms. The number of halogens is 3. The van der Waals surface area contributed by atoms with Crippen molar-refractivity contribution in [3.8, 4) is 0 Å². The summed E-state index contributed by atoms with van der Waals surface area (Å²) in [5.74, 6) is 0.737. The van der Waals surface area contributed by atoms with E-state index in [2.05, 4.69) is 11.9 Å². The molecular formula is C13H16Cl3N. The molecule has 0 saturated heterocycles. The third-order valence-corrected chi connectivity index (χ3v) is 4.43. The molecule has 94 valence electrons. The first-order chi connectivity index (χ1) is 8.06. The lowest BCUT2D eigenvalue weighted by Crippen LogP contribution is -2.34. The third kappa shape index (κ3) is 3.51. The van der Waals surface area contributed by atoms with Crippen LogP contribution < -0.4 is 0 Å². The molecule has 4 heteroatoms. The van der Waals surface area contributed by atoms with Crippen molar-refractivity contribution in [2.24, 2.45) is 5.92 Å². The molecule has 1 aliphatic carbocycles. The zero-order valence-corrected chi connectivity index (χ0v) is 12.1. The van der Waals surface area contributed by atoms with E-state index in [4.69, 9.17) is 34.8 Å². The molecule has 1 nitrogen and oxygen atoms in total. The van der Waals surface area contributed by atoms with Gasteiger partial charge in [0.25, 0.3) is 0 Å². The van der Waals surface area contributed by atoms with Crippen molar-refractivity contribution in [1.29, 1.82) is 0 Å². The quantitative estimate of drug-likeness (QED) is 0.742. The van der Waals surface area contributed by atoms with Crippen LogP contribution in [0.15, 0.2) is 18.2 Å². The monoisotopic (exact) mass is 291 g/mol.